The zero-order valence-electron chi connectivity index (χ0n) is 47.3. The van der Waals surface area contributed by atoms with Gasteiger partial charge in [-0.3, -0.25) is 9.59 Å². The number of hydrogen-bond donors (Lipinski definition) is 0. The molecule has 0 N–H and O–H groups in total. The molecular weight excluding hydrogens is 861 g/mol. The third-order valence-electron chi connectivity index (χ3n) is 13.8. The first-order chi connectivity index (χ1) is 34.6. The van der Waals surface area contributed by atoms with Crippen molar-refractivity contribution in [2.45, 2.75) is 335 Å². The molecule has 0 aliphatic heterocycles. The minimum absolute atomic E-state index is 0.0634. The molecule has 0 radical (unpaired) electrons. The zero-order chi connectivity index (χ0) is 50.6. The first-order valence-corrected chi connectivity index (χ1v) is 31.2. The van der Waals surface area contributed by atoms with Gasteiger partial charge in [0.2, 0.25) is 0 Å². The van der Waals surface area contributed by atoms with Gasteiger partial charge in [0.1, 0.15) is 6.61 Å². The lowest BCUT2D eigenvalue weighted by molar-refractivity contribution is -0.163. The van der Waals surface area contributed by atoms with Gasteiger partial charge in [-0.2, -0.15) is 0 Å². The molecule has 0 aromatic rings. The summed E-state index contributed by atoms with van der Waals surface area (Å²) in [6.07, 6.45) is 77.2. The second-order valence-electron chi connectivity index (χ2n) is 21.0. The molecule has 0 unspecified atom stereocenters. The zero-order valence-corrected chi connectivity index (χ0v) is 47.3. The summed E-state index contributed by atoms with van der Waals surface area (Å²) in [6.45, 7) is 7.83. The SMILES string of the molecule is CCCCCCCC/C=C\C/C=C\C/C=C\CCCC(=O)OC[C@@H](COCCCCCCCCCCCCCCCCCC)OC(=O)CCCCCCCCCCCCC/C=C\CCCCCCCC. The summed E-state index contributed by atoms with van der Waals surface area (Å²) in [4.78, 5) is 25.6. The lowest BCUT2D eigenvalue weighted by Crippen LogP contribution is -2.30. The van der Waals surface area contributed by atoms with E-state index in [4.69, 9.17) is 14.2 Å². The molecule has 0 rings (SSSR count). The van der Waals surface area contributed by atoms with Gasteiger partial charge in [0, 0.05) is 19.4 Å². The Labute approximate surface area is 437 Å². The normalized spacial score (nSPS) is 12.4. The predicted octanol–water partition coefficient (Wildman–Crippen LogP) is 21.5. The number of hydrogen-bond acceptors (Lipinski definition) is 5. The van der Waals surface area contributed by atoms with Crippen LogP contribution in [0.25, 0.3) is 0 Å². The van der Waals surface area contributed by atoms with Gasteiger partial charge in [-0.05, 0) is 77.0 Å². The maximum atomic E-state index is 12.9. The summed E-state index contributed by atoms with van der Waals surface area (Å²) >= 11 is 0. The fourth-order valence-corrected chi connectivity index (χ4v) is 9.17. The minimum atomic E-state index is -0.555. The molecule has 0 aromatic carbocycles. The number of unbranched alkanes of at least 4 members (excludes halogenated alkanes) is 39. The summed E-state index contributed by atoms with van der Waals surface area (Å²) in [6, 6.07) is 0. The van der Waals surface area contributed by atoms with E-state index in [2.05, 4.69) is 69.4 Å². The highest BCUT2D eigenvalue weighted by Crippen LogP contribution is 2.16. The van der Waals surface area contributed by atoms with Crippen molar-refractivity contribution in [3.8, 4) is 0 Å². The molecule has 410 valence electrons. The largest absolute Gasteiger partial charge is 0.462 e. The lowest BCUT2D eigenvalue weighted by atomic mass is 10.0. The highest BCUT2D eigenvalue weighted by molar-refractivity contribution is 5.70. The second-order valence-corrected chi connectivity index (χ2v) is 21.0. The van der Waals surface area contributed by atoms with Gasteiger partial charge in [0.05, 0.1) is 6.61 Å². The Bertz CT molecular complexity index is 1150. The Kier molecular flexibility index (Phi) is 59.3. The number of esters is 2. The third-order valence-corrected chi connectivity index (χ3v) is 13.8. The Morgan fingerprint density at radius 1 is 0.314 bits per heavy atom. The van der Waals surface area contributed by atoms with Crippen molar-refractivity contribution in [2.24, 2.45) is 0 Å². The van der Waals surface area contributed by atoms with E-state index in [1.807, 2.05) is 0 Å². The molecule has 0 saturated heterocycles. The Balaban J connectivity index is 4.29. The summed E-state index contributed by atoms with van der Waals surface area (Å²) in [5, 5.41) is 0. The van der Waals surface area contributed by atoms with Crippen LogP contribution in [0.5, 0.6) is 0 Å². The van der Waals surface area contributed by atoms with Gasteiger partial charge in [0.15, 0.2) is 6.10 Å². The summed E-state index contributed by atoms with van der Waals surface area (Å²) in [5.74, 6) is -0.439. The summed E-state index contributed by atoms with van der Waals surface area (Å²) < 4.78 is 17.5. The van der Waals surface area contributed by atoms with Crippen LogP contribution < -0.4 is 0 Å². The van der Waals surface area contributed by atoms with Crippen LogP contribution in [0, 0.1) is 0 Å². The topological polar surface area (TPSA) is 61.8 Å². The van der Waals surface area contributed by atoms with E-state index in [1.165, 1.54) is 244 Å². The van der Waals surface area contributed by atoms with Crippen molar-refractivity contribution in [2.75, 3.05) is 19.8 Å². The van der Waals surface area contributed by atoms with Gasteiger partial charge in [0.25, 0.3) is 0 Å². The van der Waals surface area contributed by atoms with Crippen molar-refractivity contribution >= 4 is 11.9 Å². The van der Waals surface area contributed by atoms with E-state index >= 15 is 0 Å². The fraction of sp³-hybridized carbons (Fsp3) is 0.846. The molecule has 0 aliphatic rings. The molecule has 1 atom stereocenters. The Morgan fingerprint density at radius 2 is 0.614 bits per heavy atom. The van der Waals surface area contributed by atoms with E-state index < -0.39 is 6.10 Å². The number of allylic oxidation sites excluding steroid dienone is 8. The molecule has 0 fully saturated rings. The van der Waals surface area contributed by atoms with Crippen molar-refractivity contribution in [1.29, 1.82) is 0 Å². The second kappa shape index (κ2) is 61.2. The van der Waals surface area contributed by atoms with Crippen LogP contribution >= 0.6 is 0 Å². The van der Waals surface area contributed by atoms with Crippen LogP contribution in [-0.4, -0.2) is 37.9 Å². The van der Waals surface area contributed by atoms with E-state index in [-0.39, 0.29) is 25.2 Å². The molecule has 70 heavy (non-hydrogen) atoms. The standard InChI is InChI=1S/C65H120O5/c1-4-7-10-13-16-19-22-25-28-31-32-33-34-36-38-41-44-47-50-53-56-59-65(67)70-63(61-68-60-57-54-51-48-45-42-39-30-27-24-21-18-15-12-9-6-3)62-69-64(66)58-55-52-49-46-43-40-37-35-29-26-23-20-17-14-11-8-5-2/h25-26,28-29,37,40,46,49,63H,4-24,27,30-36,38-39,41-45,47-48,50-62H2,1-3H3/b28-25-,29-26-,40-37-,49-46-/t63-/m1/s1. The van der Waals surface area contributed by atoms with E-state index in [9.17, 15) is 9.59 Å². The van der Waals surface area contributed by atoms with Crippen molar-refractivity contribution < 1.29 is 23.8 Å². The molecule has 0 heterocycles. The summed E-state index contributed by atoms with van der Waals surface area (Å²) in [5.41, 5.74) is 0. The molecule has 5 heteroatoms. The average molecular weight is 982 g/mol. The molecule has 0 saturated carbocycles. The first kappa shape index (κ1) is 67.9. The predicted molar refractivity (Wildman–Crippen MR) is 307 cm³/mol. The Morgan fingerprint density at radius 3 is 1.01 bits per heavy atom. The number of ether oxygens (including phenoxy) is 3. The van der Waals surface area contributed by atoms with Gasteiger partial charge < -0.3 is 14.2 Å². The molecule has 0 bridgehead atoms. The van der Waals surface area contributed by atoms with Crippen LogP contribution in [0.3, 0.4) is 0 Å². The van der Waals surface area contributed by atoms with Gasteiger partial charge >= 0.3 is 11.9 Å². The first-order valence-electron chi connectivity index (χ1n) is 31.2. The molecule has 0 amide bonds. The summed E-state index contributed by atoms with van der Waals surface area (Å²) in [7, 11) is 0. The Hall–Kier alpha value is -2.14. The highest BCUT2D eigenvalue weighted by Gasteiger charge is 2.17. The maximum Gasteiger partial charge on any atom is 0.306 e. The lowest BCUT2D eigenvalue weighted by Gasteiger charge is -2.18. The monoisotopic (exact) mass is 981 g/mol. The van der Waals surface area contributed by atoms with Gasteiger partial charge in [-0.15, -0.1) is 0 Å². The van der Waals surface area contributed by atoms with Crippen LogP contribution in [0.15, 0.2) is 48.6 Å². The van der Waals surface area contributed by atoms with Crippen LogP contribution in [0.2, 0.25) is 0 Å². The average Bonchev–Trinajstić information content (AvgIpc) is 3.36. The maximum absolute atomic E-state index is 12.9. The molecule has 5 nitrogen and oxygen atoms in total. The minimum Gasteiger partial charge on any atom is -0.462 e. The molecule has 0 aromatic heterocycles. The third kappa shape index (κ3) is 58.4. The number of rotatable bonds is 58. The fourth-order valence-electron chi connectivity index (χ4n) is 9.17. The van der Waals surface area contributed by atoms with E-state index in [1.54, 1.807) is 0 Å². The smallest absolute Gasteiger partial charge is 0.306 e. The van der Waals surface area contributed by atoms with Crippen molar-refractivity contribution in [3.05, 3.63) is 48.6 Å². The van der Waals surface area contributed by atoms with Crippen molar-refractivity contribution in [3.63, 3.8) is 0 Å². The number of carbonyl (C=O) groups is 2. The molecule has 0 spiro atoms. The molecule has 0 aliphatic carbocycles. The molecular formula is C65H120O5. The van der Waals surface area contributed by atoms with Gasteiger partial charge in [-0.1, -0.05) is 288 Å². The van der Waals surface area contributed by atoms with E-state index in [0.29, 0.717) is 19.4 Å². The van der Waals surface area contributed by atoms with Crippen LogP contribution in [0.4, 0.5) is 0 Å². The quantitative estimate of drug-likeness (QED) is 0.0345. The number of carbonyl (C=O) groups excluding carboxylic acids is 2. The van der Waals surface area contributed by atoms with Crippen LogP contribution in [0.1, 0.15) is 329 Å². The van der Waals surface area contributed by atoms with E-state index in [0.717, 1.165) is 51.4 Å². The highest BCUT2D eigenvalue weighted by atomic mass is 16.6. The van der Waals surface area contributed by atoms with Crippen molar-refractivity contribution in [1.82, 2.24) is 0 Å². The van der Waals surface area contributed by atoms with Crippen LogP contribution in [-0.2, 0) is 23.8 Å². The van der Waals surface area contributed by atoms with Gasteiger partial charge in [-0.25, -0.2) is 0 Å².